The number of aromatic hydroxyl groups is 1. The van der Waals surface area contributed by atoms with Crippen molar-refractivity contribution in [1.82, 2.24) is 0 Å². The molecule has 0 amide bonds. The number of hydrogen-bond donors (Lipinski definition) is 3. The fourth-order valence-electron chi connectivity index (χ4n) is 2.60. The van der Waals surface area contributed by atoms with E-state index in [1.165, 1.54) is 0 Å². The first-order valence-corrected chi connectivity index (χ1v) is 8.68. The molecule has 3 nitrogen and oxygen atoms in total. The highest BCUT2D eigenvalue weighted by atomic mass is 16.3. The van der Waals surface area contributed by atoms with E-state index in [2.05, 4.69) is 55.4 Å². The van der Waals surface area contributed by atoms with Gasteiger partial charge in [-0.15, -0.1) is 0 Å². The predicted octanol–water partition coefficient (Wildman–Crippen LogP) is 4.76. The van der Waals surface area contributed by atoms with E-state index in [1.807, 2.05) is 18.2 Å². The van der Waals surface area contributed by atoms with Crippen LogP contribution in [0.3, 0.4) is 0 Å². The molecule has 0 radical (unpaired) electrons. The third kappa shape index (κ3) is 3.72. The molecule has 5 N–H and O–H groups in total. The second-order valence-corrected chi connectivity index (χ2v) is 8.69. The molecule has 1 aromatic carbocycles. The van der Waals surface area contributed by atoms with Crippen LogP contribution in [0.1, 0.15) is 78.6 Å². The minimum Gasteiger partial charge on any atom is -0.507 e. The van der Waals surface area contributed by atoms with Gasteiger partial charge in [0.25, 0.3) is 0 Å². The molecule has 0 fully saturated rings. The average Bonchev–Trinajstić information content (AvgIpc) is 2.45. The van der Waals surface area contributed by atoms with Crippen LogP contribution in [-0.2, 0) is 0 Å². The minimum absolute atomic E-state index is 0.117. The lowest BCUT2D eigenvalue weighted by Gasteiger charge is -2.38. The smallest absolute Gasteiger partial charge is 0.125 e. The molecule has 2 unspecified atom stereocenters. The van der Waals surface area contributed by atoms with Crippen LogP contribution in [-0.4, -0.2) is 5.11 Å². The zero-order valence-corrected chi connectivity index (χ0v) is 16.1. The fraction of sp³-hybridized carbons (Fsp3) is 0.700. The fourth-order valence-corrected chi connectivity index (χ4v) is 2.60. The molecule has 132 valence electrons. The Morgan fingerprint density at radius 3 is 1.35 bits per heavy atom. The highest BCUT2D eigenvalue weighted by molar-refractivity contribution is 5.45. The van der Waals surface area contributed by atoms with Crippen molar-refractivity contribution in [3.8, 4) is 5.75 Å². The van der Waals surface area contributed by atoms with Crippen LogP contribution >= 0.6 is 0 Å². The Kier molecular flexibility index (Phi) is 5.93. The highest BCUT2D eigenvalue weighted by Gasteiger charge is 2.36. The van der Waals surface area contributed by atoms with Crippen LogP contribution in [0.4, 0.5) is 0 Å². The number of phenolic OH excluding ortho intramolecular Hbond substituents is 1. The maximum absolute atomic E-state index is 10.9. The minimum atomic E-state index is -0.239. The van der Waals surface area contributed by atoms with Crippen molar-refractivity contribution in [2.45, 2.75) is 67.5 Å². The molecule has 23 heavy (non-hydrogen) atoms. The monoisotopic (exact) mass is 320 g/mol. The van der Waals surface area contributed by atoms with E-state index in [4.69, 9.17) is 11.5 Å². The first-order chi connectivity index (χ1) is 10.3. The van der Waals surface area contributed by atoms with Gasteiger partial charge >= 0.3 is 0 Å². The topological polar surface area (TPSA) is 72.3 Å². The van der Waals surface area contributed by atoms with E-state index in [9.17, 15) is 5.11 Å². The summed E-state index contributed by atoms with van der Waals surface area (Å²) in [7, 11) is 0. The Morgan fingerprint density at radius 1 is 0.783 bits per heavy atom. The SMILES string of the molecule is CC(C)C(C)(C)C(N)c1cccc(C(N)C(C)(C)C(C)C)c1O. The van der Waals surface area contributed by atoms with Gasteiger partial charge in [-0.25, -0.2) is 0 Å². The van der Waals surface area contributed by atoms with Crippen LogP contribution in [0.2, 0.25) is 0 Å². The Hall–Kier alpha value is -1.06. The molecule has 3 heteroatoms. The van der Waals surface area contributed by atoms with Crippen molar-refractivity contribution in [2.75, 3.05) is 0 Å². The lowest BCUT2D eigenvalue weighted by atomic mass is 9.70. The van der Waals surface area contributed by atoms with E-state index in [0.29, 0.717) is 11.8 Å². The van der Waals surface area contributed by atoms with Crippen molar-refractivity contribution >= 4 is 0 Å². The normalized spacial score (nSPS) is 16.0. The maximum Gasteiger partial charge on any atom is 0.125 e. The highest BCUT2D eigenvalue weighted by Crippen LogP contribution is 2.46. The third-order valence-corrected chi connectivity index (χ3v) is 6.35. The molecule has 0 aromatic heterocycles. The van der Waals surface area contributed by atoms with Gasteiger partial charge in [-0.3, -0.25) is 0 Å². The number of benzene rings is 1. The molecule has 0 aliphatic carbocycles. The number of nitrogens with two attached hydrogens (primary N) is 2. The second kappa shape index (κ2) is 6.82. The predicted molar refractivity (Wildman–Crippen MR) is 99.2 cm³/mol. The van der Waals surface area contributed by atoms with Crippen molar-refractivity contribution in [3.63, 3.8) is 0 Å². The summed E-state index contributed by atoms with van der Waals surface area (Å²) < 4.78 is 0. The average molecular weight is 321 g/mol. The van der Waals surface area contributed by atoms with Crippen LogP contribution in [0.25, 0.3) is 0 Å². The molecular formula is C20H36N2O. The number of hydrogen-bond acceptors (Lipinski definition) is 3. The Labute approximate surface area is 142 Å². The first kappa shape index (κ1) is 20.0. The van der Waals surface area contributed by atoms with Crippen LogP contribution in [0.15, 0.2) is 18.2 Å². The first-order valence-electron chi connectivity index (χ1n) is 8.68. The number of phenols is 1. The largest absolute Gasteiger partial charge is 0.507 e. The molecule has 2 atom stereocenters. The lowest BCUT2D eigenvalue weighted by molar-refractivity contribution is 0.186. The summed E-state index contributed by atoms with van der Waals surface area (Å²) >= 11 is 0. The number of para-hydroxylation sites is 1. The summed E-state index contributed by atoms with van der Waals surface area (Å²) in [6.07, 6.45) is 0. The van der Waals surface area contributed by atoms with Crippen molar-refractivity contribution < 1.29 is 5.11 Å². The van der Waals surface area contributed by atoms with Gasteiger partial charge in [-0.2, -0.15) is 0 Å². The molecule has 0 aliphatic heterocycles. The molecule has 1 rings (SSSR count). The third-order valence-electron chi connectivity index (χ3n) is 6.35. The van der Waals surface area contributed by atoms with Crippen LogP contribution < -0.4 is 11.5 Å². The van der Waals surface area contributed by atoms with E-state index in [0.717, 1.165) is 11.1 Å². The van der Waals surface area contributed by atoms with Crippen molar-refractivity contribution in [2.24, 2.45) is 34.1 Å². The summed E-state index contributed by atoms with van der Waals surface area (Å²) in [5.74, 6) is 1.07. The number of rotatable bonds is 6. The Bertz CT molecular complexity index is 488. The molecule has 0 saturated carbocycles. The summed E-state index contributed by atoms with van der Waals surface area (Å²) in [5.41, 5.74) is 14.4. The second-order valence-electron chi connectivity index (χ2n) is 8.69. The zero-order chi connectivity index (χ0) is 18.2. The van der Waals surface area contributed by atoms with Gasteiger partial charge in [0.1, 0.15) is 5.75 Å². The van der Waals surface area contributed by atoms with Gasteiger partial charge in [0.05, 0.1) is 0 Å². The Balaban J connectivity index is 3.33. The quantitative estimate of drug-likeness (QED) is 0.708. The zero-order valence-electron chi connectivity index (χ0n) is 16.1. The molecular weight excluding hydrogens is 284 g/mol. The van der Waals surface area contributed by atoms with Crippen molar-refractivity contribution in [3.05, 3.63) is 29.3 Å². The summed E-state index contributed by atoms with van der Waals surface area (Å²) in [4.78, 5) is 0. The van der Waals surface area contributed by atoms with Crippen molar-refractivity contribution in [1.29, 1.82) is 0 Å². The van der Waals surface area contributed by atoms with Gasteiger partial charge in [-0.1, -0.05) is 73.6 Å². The molecule has 0 aliphatic rings. The molecule has 0 bridgehead atoms. The maximum atomic E-state index is 10.9. The van der Waals surface area contributed by atoms with Crippen LogP contribution in [0.5, 0.6) is 5.75 Å². The van der Waals surface area contributed by atoms with Gasteiger partial charge < -0.3 is 16.6 Å². The van der Waals surface area contributed by atoms with Gasteiger partial charge in [0, 0.05) is 23.2 Å². The summed E-state index contributed by atoms with van der Waals surface area (Å²) in [5, 5.41) is 10.9. The van der Waals surface area contributed by atoms with E-state index in [1.54, 1.807) is 0 Å². The molecule has 0 saturated heterocycles. The van der Waals surface area contributed by atoms with E-state index in [-0.39, 0.29) is 28.7 Å². The summed E-state index contributed by atoms with van der Waals surface area (Å²) in [6, 6.07) is 5.32. The van der Waals surface area contributed by atoms with E-state index < -0.39 is 0 Å². The summed E-state index contributed by atoms with van der Waals surface area (Å²) in [6.45, 7) is 17.2. The molecule has 0 spiro atoms. The molecule has 0 heterocycles. The van der Waals surface area contributed by atoms with Gasteiger partial charge in [-0.05, 0) is 22.7 Å². The van der Waals surface area contributed by atoms with Gasteiger partial charge in [0.2, 0.25) is 0 Å². The van der Waals surface area contributed by atoms with Gasteiger partial charge in [0.15, 0.2) is 0 Å². The molecule has 1 aromatic rings. The van der Waals surface area contributed by atoms with Crippen LogP contribution in [0, 0.1) is 22.7 Å². The standard InChI is InChI=1S/C20H36N2O/c1-12(2)19(5,6)17(21)14-10-9-11-15(16(14)23)18(22)20(7,8)13(3)4/h9-13,17-18,23H,21-22H2,1-8H3. The van der Waals surface area contributed by atoms with E-state index >= 15 is 0 Å². The Morgan fingerprint density at radius 2 is 1.09 bits per heavy atom. The lowest BCUT2D eigenvalue weighted by Crippen LogP contribution is -2.35.